The second-order valence-electron chi connectivity index (χ2n) is 2.59. The number of aliphatic hydroxyl groups is 1. The van der Waals surface area contributed by atoms with Gasteiger partial charge in [0.25, 0.3) is 0 Å². The van der Waals surface area contributed by atoms with Crippen molar-refractivity contribution in [1.29, 1.82) is 0 Å². The van der Waals surface area contributed by atoms with Crippen molar-refractivity contribution in [3.8, 4) is 0 Å². The molecular weight excluding hydrogens is 156 g/mol. The summed E-state index contributed by atoms with van der Waals surface area (Å²) in [6.07, 6.45) is 3.75. The molecule has 0 saturated heterocycles. The van der Waals surface area contributed by atoms with E-state index in [1.54, 1.807) is 6.20 Å². The molecule has 0 aliphatic carbocycles. The number of aliphatic hydroxyl groups excluding tert-OH is 1. The Balaban J connectivity index is 2.70. The van der Waals surface area contributed by atoms with Crippen LogP contribution in [0.1, 0.15) is 24.0 Å². The summed E-state index contributed by atoms with van der Waals surface area (Å²) >= 11 is 0. The van der Waals surface area contributed by atoms with Crippen molar-refractivity contribution in [2.75, 3.05) is 6.61 Å². The molecule has 1 unspecified atom stereocenters. The molecule has 0 aliphatic heterocycles. The summed E-state index contributed by atoms with van der Waals surface area (Å²) in [5.74, 6) is -0.114. The number of hydrogen-bond acceptors (Lipinski definition) is 3. The molecule has 0 amide bonds. The van der Waals surface area contributed by atoms with Crippen LogP contribution in [0.5, 0.6) is 0 Å². The van der Waals surface area contributed by atoms with E-state index in [1.165, 1.54) is 6.20 Å². The minimum Gasteiger partial charge on any atom is -0.396 e. The Bertz CT molecular complexity index is 240. The molecule has 0 aromatic carbocycles. The van der Waals surface area contributed by atoms with Crippen molar-refractivity contribution in [2.24, 2.45) is 5.92 Å². The highest BCUT2D eigenvalue weighted by atomic mass is 16.3. The summed E-state index contributed by atoms with van der Waals surface area (Å²) < 4.78 is 0. The molecule has 0 saturated carbocycles. The summed E-state index contributed by atoms with van der Waals surface area (Å²) in [4.78, 5) is 17.9. The van der Waals surface area contributed by atoms with Gasteiger partial charge in [0.05, 0.1) is 6.61 Å². The van der Waals surface area contributed by atoms with Gasteiger partial charge in [0.1, 0.15) is 0 Å². The molecule has 2 N–H and O–H groups in total. The molecule has 1 atom stereocenters. The van der Waals surface area contributed by atoms with Gasteiger partial charge >= 0.3 is 0 Å². The third-order valence-corrected chi connectivity index (χ3v) is 1.82. The van der Waals surface area contributed by atoms with Gasteiger partial charge in [-0.1, -0.05) is 6.92 Å². The van der Waals surface area contributed by atoms with Crippen LogP contribution in [-0.2, 0) is 0 Å². The smallest absolute Gasteiger partial charge is 0.203 e. The number of H-pyrrole nitrogens is 1. The van der Waals surface area contributed by atoms with Gasteiger partial charge < -0.3 is 10.1 Å². The molecule has 0 bridgehead atoms. The van der Waals surface area contributed by atoms with E-state index in [0.29, 0.717) is 12.2 Å². The molecule has 1 aromatic heterocycles. The van der Waals surface area contributed by atoms with E-state index < -0.39 is 0 Å². The molecule has 0 spiro atoms. The van der Waals surface area contributed by atoms with Gasteiger partial charge in [0.15, 0.2) is 5.82 Å². The minimum atomic E-state index is -0.323. The zero-order valence-electron chi connectivity index (χ0n) is 6.95. The van der Waals surface area contributed by atoms with Crippen molar-refractivity contribution in [3.63, 3.8) is 0 Å². The summed E-state index contributed by atoms with van der Waals surface area (Å²) in [5, 5.41) is 8.83. The lowest BCUT2D eigenvalue weighted by molar-refractivity contribution is 0.0846. The number of carbonyl (C=O) groups is 1. The van der Waals surface area contributed by atoms with E-state index in [2.05, 4.69) is 9.97 Å². The maximum atomic E-state index is 11.4. The third-order valence-electron chi connectivity index (χ3n) is 1.82. The Hall–Kier alpha value is -1.16. The quantitative estimate of drug-likeness (QED) is 0.647. The Morgan fingerprint density at radius 3 is 3.00 bits per heavy atom. The van der Waals surface area contributed by atoms with E-state index in [9.17, 15) is 4.79 Å². The molecule has 4 nitrogen and oxygen atoms in total. The van der Waals surface area contributed by atoms with Crippen molar-refractivity contribution in [1.82, 2.24) is 9.97 Å². The van der Waals surface area contributed by atoms with Crippen LogP contribution in [0.4, 0.5) is 0 Å². The first kappa shape index (κ1) is 8.93. The molecular formula is C8H12N2O2. The molecule has 0 fully saturated rings. The number of aromatic amines is 1. The average Bonchev–Trinajstić information content (AvgIpc) is 2.58. The fraction of sp³-hybridized carbons (Fsp3) is 0.500. The highest BCUT2D eigenvalue weighted by Gasteiger charge is 2.18. The second kappa shape index (κ2) is 4.01. The molecule has 1 heterocycles. The molecule has 0 radical (unpaired) electrons. The van der Waals surface area contributed by atoms with Crippen molar-refractivity contribution in [2.45, 2.75) is 13.3 Å². The fourth-order valence-corrected chi connectivity index (χ4v) is 0.991. The predicted molar refractivity (Wildman–Crippen MR) is 43.8 cm³/mol. The van der Waals surface area contributed by atoms with Crippen LogP contribution in [0.2, 0.25) is 0 Å². The zero-order valence-corrected chi connectivity index (χ0v) is 6.95. The SMILES string of the molecule is CCC(CO)C(=O)c1ncc[nH]1. The van der Waals surface area contributed by atoms with Crippen LogP contribution < -0.4 is 0 Å². The van der Waals surface area contributed by atoms with E-state index in [-0.39, 0.29) is 18.3 Å². The van der Waals surface area contributed by atoms with Gasteiger partial charge in [0, 0.05) is 18.3 Å². The van der Waals surface area contributed by atoms with E-state index in [4.69, 9.17) is 5.11 Å². The largest absolute Gasteiger partial charge is 0.396 e. The van der Waals surface area contributed by atoms with Gasteiger partial charge in [-0.05, 0) is 6.42 Å². The van der Waals surface area contributed by atoms with Crippen LogP contribution in [-0.4, -0.2) is 27.5 Å². The van der Waals surface area contributed by atoms with E-state index in [1.807, 2.05) is 6.92 Å². The van der Waals surface area contributed by atoms with E-state index >= 15 is 0 Å². The Morgan fingerprint density at radius 1 is 1.83 bits per heavy atom. The first-order valence-corrected chi connectivity index (χ1v) is 3.94. The normalized spacial score (nSPS) is 12.8. The fourth-order valence-electron chi connectivity index (χ4n) is 0.991. The molecule has 12 heavy (non-hydrogen) atoms. The van der Waals surface area contributed by atoms with Crippen LogP contribution in [0.25, 0.3) is 0 Å². The number of ketones is 1. The molecule has 4 heteroatoms. The zero-order chi connectivity index (χ0) is 8.97. The average molecular weight is 168 g/mol. The second-order valence-corrected chi connectivity index (χ2v) is 2.59. The Morgan fingerprint density at radius 2 is 2.58 bits per heavy atom. The van der Waals surface area contributed by atoms with E-state index in [0.717, 1.165) is 0 Å². The van der Waals surface area contributed by atoms with Gasteiger partial charge in [-0.25, -0.2) is 4.98 Å². The number of hydrogen-bond donors (Lipinski definition) is 2. The van der Waals surface area contributed by atoms with Gasteiger partial charge in [-0.2, -0.15) is 0 Å². The topological polar surface area (TPSA) is 66.0 Å². The highest BCUT2D eigenvalue weighted by molar-refractivity contribution is 5.94. The first-order valence-electron chi connectivity index (χ1n) is 3.94. The molecule has 1 aromatic rings. The van der Waals surface area contributed by atoms with Gasteiger partial charge in [-0.15, -0.1) is 0 Å². The maximum absolute atomic E-state index is 11.4. The summed E-state index contributed by atoms with van der Waals surface area (Å²) in [7, 11) is 0. The number of imidazole rings is 1. The summed E-state index contributed by atoms with van der Waals surface area (Å²) in [6, 6.07) is 0. The maximum Gasteiger partial charge on any atom is 0.203 e. The number of rotatable bonds is 4. The Labute approximate surface area is 70.6 Å². The summed E-state index contributed by atoms with van der Waals surface area (Å²) in [6.45, 7) is 1.75. The lowest BCUT2D eigenvalue weighted by Gasteiger charge is -2.06. The van der Waals surface area contributed by atoms with Crippen molar-refractivity contribution >= 4 is 5.78 Å². The van der Waals surface area contributed by atoms with Crippen LogP contribution in [0.3, 0.4) is 0 Å². The molecule has 1 rings (SSSR count). The van der Waals surface area contributed by atoms with Gasteiger partial charge in [0.2, 0.25) is 5.78 Å². The summed E-state index contributed by atoms with van der Waals surface area (Å²) in [5.41, 5.74) is 0. The van der Waals surface area contributed by atoms with Crippen LogP contribution in [0.15, 0.2) is 12.4 Å². The standard InChI is InChI=1S/C8H12N2O2/c1-2-6(5-11)7(12)8-9-3-4-10-8/h3-4,6,11H,2,5H2,1H3,(H,9,10). The number of nitrogens with one attached hydrogen (secondary N) is 1. The van der Waals surface area contributed by atoms with Gasteiger partial charge in [-0.3, -0.25) is 4.79 Å². The number of Topliss-reactive ketones (excluding diaryl/α,β-unsaturated/α-hetero) is 1. The number of carbonyl (C=O) groups excluding carboxylic acids is 1. The third kappa shape index (κ3) is 1.71. The predicted octanol–water partition coefficient (Wildman–Crippen LogP) is 0.611. The highest BCUT2D eigenvalue weighted by Crippen LogP contribution is 2.07. The lowest BCUT2D eigenvalue weighted by Crippen LogP contribution is -2.18. The Kier molecular flexibility index (Phi) is 2.99. The minimum absolute atomic E-state index is 0.115. The number of aromatic nitrogens is 2. The van der Waals surface area contributed by atoms with Crippen molar-refractivity contribution < 1.29 is 9.90 Å². The number of nitrogens with zero attached hydrogens (tertiary/aromatic N) is 1. The monoisotopic (exact) mass is 168 g/mol. The first-order chi connectivity index (χ1) is 5.79. The molecule has 0 aliphatic rings. The lowest BCUT2D eigenvalue weighted by atomic mass is 10.0. The van der Waals surface area contributed by atoms with Crippen LogP contribution >= 0.6 is 0 Å². The van der Waals surface area contributed by atoms with Crippen molar-refractivity contribution in [3.05, 3.63) is 18.2 Å². The van der Waals surface area contributed by atoms with Crippen LogP contribution in [0, 0.1) is 5.92 Å². The molecule has 66 valence electrons.